The molecule has 0 aliphatic rings. The Bertz CT molecular complexity index is 1210. The maximum absolute atomic E-state index is 12.7. The number of carbonyl (C=O) groups excluding carboxylic acids is 1. The van der Waals surface area contributed by atoms with Crippen molar-refractivity contribution in [3.05, 3.63) is 80.0 Å². The second kappa shape index (κ2) is 9.48. The van der Waals surface area contributed by atoms with Crippen molar-refractivity contribution >= 4 is 34.7 Å². The summed E-state index contributed by atoms with van der Waals surface area (Å²) in [4.78, 5) is 29.3. The highest BCUT2D eigenvalue weighted by atomic mass is 32.1. The zero-order valence-corrected chi connectivity index (χ0v) is 16.6. The van der Waals surface area contributed by atoms with Crippen LogP contribution in [0.25, 0.3) is 11.8 Å². The number of benzene rings is 1. The molecule has 8 heteroatoms. The Balaban J connectivity index is 1.96. The molecule has 0 aliphatic heterocycles. The van der Waals surface area contributed by atoms with Gasteiger partial charge < -0.3 is 10.6 Å². The largest absolute Gasteiger partial charge is 0.360 e. The van der Waals surface area contributed by atoms with Crippen LogP contribution in [0, 0.1) is 11.3 Å². The molecular weight excluding hydrogens is 386 g/mol. The van der Waals surface area contributed by atoms with E-state index >= 15 is 0 Å². The second-order valence-electron chi connectivity index (χ2n) is 6.01. The molecule has 2 N–H and O–H groups in total. The number of hydrogen-bond acceptors (Lipinski definition) is 6. The number of nitrogens with one attached hydrogen (secondary N) is 2. The Morgan fingerprint density at radius 1 is 1.28 bits per heavy atom. The monoisotopic (exact) mass is 405 g/mol. The van der Waals surface area contributed by atoms with E-state index in [9.17, 15) is 14.9 Å². The molecule has 1 aromatic carbocycles. The van der Waals surface area contributed by atoms with Crippen molar-refractivity contribution in [1.82, 2.24) is 14.9 Å². The van der Waals surface area contributed by atoms with Crippen molar-refractivity contribution in [2.75, 3.05) is 5.32 Å². The minimum Gasteiger partial charge on any atom is -0.360 e. The molecule has 0 saturated carbocycles. The molecule has 3 rings (SSSR count). The van der Waals surface area contributed by atoms with Gasteiger partial charge in [0, 0.05) is 37.4 Å². The number of amides is 1. The van der Waals surface area contributed by atoms with Gasteiger partial charge in [-0.3, -0.25) is 19.1 Å². The van der Waals surface area contributed by atoms with Crippen LogP contribution in [0.5, 0.6) is 0 Å². The second-order valence-corrected chi connectivity index (χ2v) is 7.04. The molecule has 0 aliphatic carbocycles. The van der Waals surface area contributed by atoms with Crippen LogP contribution in [0.15, 0.2) is 59.7 Å². The van der Waals surface area contributed by atoms with Gasteiger partial charge in [0.05, 0.1) is 0 Å². The van der Waals surface area contributed by atoms with Crippen LogP contribution in [-0.2, 0) is 17.9 Å². The SMILES string of the molecule is CCn1c(=C(C#N)C(=O)NCc2cccnc2)sc(=CNc2ccccc2)c1=O. The van der Waals surface area contributed by atoms with Crippen LogP contribution < -0.4 is 25.4 Å². The van der Waals surface area contributed by atoms with Crippen LogP contribution in [0.1, 0.15) is 12.5 Å². The van der Waals surface area contributed by atoms with Gasteiger partial charge in [0.2, 0.25) is 0 Å². The average Bonchev–Trinajstić information content (AvgIpc) is 3.07. The molecule has 2 heterocycles. The smallest absolute Gasteiger partial charge is 0.270 e. The van der Waals surface area contributed by atoms with Crippen LogP contribution in [0.2, 0.25) is 0 Å². The fourth-order valence-electron chi connectivity index (χ4n) is 2.64. The highest BCUT2D eigenvalue weighted by molar-refractivity contribution is 7.07. The van der Waals surface area contributed by atoms with E-state index in [1.165, 1.54) is 4.57 Å². The first-order valence-corrected chi connectivity index (χ1v) is 9.78. The Hall–Kier alpha value is -3.70. The van der Waals surface area contributed by atoms with Crippen LogP contribution >= 0.6 is 11.3 Å². The number of rotatable bonds is 6. The Morgan fingerprint density at radius 3 is 2.72 bits per heavy atom. The molecule has 0 unspecified atom stereocenters. The number of thiazole rings is 1. The first-order chi connectivity index (χ1) is 14.1. The number of nitriles is 1. The van der Waals surface area contributed by atoms with E-state index in [-0.39, 0.29) is 17.7 Å². The van der Waals surface area contributed by atoms with E-state index in [4.69, 9.17) is 0 Å². The molecule has 29 heavy (non-hydrogen) atoms. The fourth-order valence-corrected chi connectivity index (χ4v) is 3.73. The van der Waals surface area contributed by atoms with Crippen LogP contribution in [0.3, 0.4) is 0 Å². The number of anilines is 1. The van der Waals surface area contributed by atoms with Gasteiger partial charge >= 0.3 is 0 Å². The van der Waals surface area contributed by atoms with E-state index in [0.717, 1.165) is 22.6 Å². The number of pyridine rings is 1. The van der Waals surface area contributed by atoms with Gasteiger partial charge in [0.1, 0.15) is 15.3 Å². The number of nitrogens with zero attached hydrogens (tertiary/aromatic N) is 3. The minimum absolute atomic E-state index is 0.0859. The van der Waals surface area contributed by atoms with Crippen molar-refractivity contribution in [2.24, 2.45) is 0 Å². The summed E-state index contributed by atoms with van der Waals surface area (Å²) in [6, 6.07) is 15.0. The lowest BCUT2D eigenvalue weighted by Gasteiger charge is -2.04. The van der Waals surface area contributed by atoms with E-state index in [1.54, 1.807) is 31.6 Å². The first kappa shape index (κ1) is 20.0. The Kier molecular flexibility index (Phi) is 6.55. The fraction of sp³-hybridized carbons (Fsp3) is 0.143. The number of aromatic nitrogens is 2. The third-order valence-corrected chi connectivity index (χ3v) is 5.23. The van der Waals surface area contributed by atoms with Gasteiger partial charge in [-0.15, -0.1) is 11.3 Å². The molecule has 1 amide bonds. The van der Waals surface area contributed by atoms with E-state index in [0.29, 0.717) is 15.7 Å². The summed E-state index contributed by atoms with van der Waals surface area (Å²) in [5.74, 6) is -0.526. The predicted molar refractivity (Wildman–Crippen MR) is 113 cm³/mol. The normalized spacial score (nSPS) is 12.2. The maximum atomic E-state index is 12.7. The average molecular weight is 405 g/mol. The van der Waals surface area contributed by atoms with Crippen molar-refractivity contribution in [1.29, 1.82) is 5.26 Å². The minimum atomic E-state index is -0.526. The topological polar surface area (TPSA) is 99.8 Å². The van der Waals surface area contributed by atoms with Gasteiger partial charge in [0.15, 0.2) is 5.57 Å². The van der Waals surface area contributed by atoms with Crippen molar-refractivity contribution in [3.8, 4) is 6.07 Å². The van der Waals surface area contributed by atoms with Gasteiger partial charge in [0.25, 0.3) is 11.5 Å². The zero-order valence-electron chi connectivity index (χ0n) is 15.8. The summed E-state index contributed by atoms with van der Waals surface area (Å²) >= 11 is 1.11. The predicted octanol–water partition coefficient (Wildman–Crippen LogP) is 1.17. The van der Waals surface area contributed by atoms with E-state index < -0.39 is 5.91 Å². The van der Waals surface area contributed by atoms with Crippen molar-refractivity contribution in [3.63, 3.8) is 0 Å². The lowest BCUT2D eigenvalue weighted by Crippen LogP contribution is -2.34. The molecule has 2 aromatic heterocycles. The lowest BCUT2D eigenvalue weighted by molar-refractivity contribution is -0.115. The number of hydrogen-bond donors (Lipinski definition) is 2. The van der Waals surface area contributed by atoms with E-state index in [1.807, 2.05) is 42.5 Å². The summed E-state index contributed by atoms with van der Waals surface area (Å²) in [5.41, 5.74) is 1.32. The van der Waals surface area contributed by atoms with Gasteiger partial charge in [-0.05, 0) is 30.7 Å². The highest BCUT2D eigenvalue weighted by Gasteiger charge is 2.15. The molecule has 0 bridgehead atoms. The standard InChI is InChI=1S/C21H19N5O2S/c1-2-26-20(28)18(14-24-16-8-4-3-5-9-16)29-21(26)17(11-22)19(27)25-13-15-7-6-10-23-12-15/h3-10,12,14,24H,2,13H2,1H3,(H,25,27). The molecular formula is C21H19N5O2S. The molecule has 0 fully saturated rings. The molecule has 7 nitrogen and oxygen atoms in total. The highest BCUT2D eigenvalue weighted by Crippen LogP contribution is 2.04. The summed E-state index contributed by atoms with van der Waals surface area (Å²) in [6.45, 7) is 2.40. The summed E-state index contributed by atoms with van der Waals surface area (Å²) in [6.07, 6.45) is 4.88. The van der Waals surface area contributed by atoms with Crippen molar-refractivity contribution in [2.45, 2.75) is 20.0 Å². The molecule has 0 spiro atoms. The van der Waals surface area contributed by atoms with Gasteiger partial charge in [-0.25, -0.2) is 0 Å². The summed E-state index contributed by atoms with van der Waals surface area (Å²) in [5, 5.41) is 15.4. The maximum Gasteiger partial charge on any atom is 0.270 e. The molecule has 0 atom stereocenters. The Morgan fingerprint density at radius 2 is 2.07 bits per heavy atom. The third kappa shape index (κ3) is 4.78. The van der Waals surface area contributed by atoms with Crippen molar-refractivity contribution < 1.29 is 4.79 Å². The first-order valence-electron chi connectivity index (χ1n) is 8.97. The number of para-hydroxylation sites is 1. The summed E-state index contributed by atoms with van der Waals surface area (Å²) < 4.78 is 2.19. The van der Waals surface area contributed by atoms with Crippen LogP contribution in [-0.4, -0.2) is 15.5 Å². The summed E-state index contributed by atoms with van der Waals surface area (Å²) in [7, 11) is 0. The molecule has 3 aromatic rings. The third-order valence-electron chi connectivity index (χ3n) is 4.10. The zero-order chi connectivity index (χ0) is 20.6. The molecule has 0 saturated heterocycles. The number of carbonyl (C=O) groups is 1. The van der Waals surface area contributed by atoms with E-state index in [2.05, 4.69) is 15.6 Å². The van der Waals surface area contributed by atoms with Gasteiger partial charge in [-0.2, -0.15) is 5.26 Å². The van der Waals surface area contributed by atoms with Crippen LogP contribution in [0.4, 0.5) is 5.69 Å². The molecule has 146 valence electrons. The Labute approximate surface area is 171 Å². The quantitative estimate of drug-likeness (QED) is 0.641. The molecule has 0 radical (unpaired) electrons. The lowest BCUT2D eigenvalue weighted by atomic mass is 10.2. The van der Waals surface area contributed by atoms with Gasteiger partial charge in [-0.1, -0.05) is 24.3 Å².